The molecule has 0 aliphatic carbocycles. The van der Waals surface area contributed by atoms with Crippen molar-refractivity contribution in [3.63, 3.8) is 0 Å². The van der Waals surface area contributed by atoms with Gasteiger partial charge in [-0.2, -0.15) is 0 Å². The Bertz CT molecular complexity index is 1460. The van der Waals surface area contributed by atoms with Crippen LogP contribution >= 0.6 is 34.8 Å². The van der Waals surface area contributed by atoms with Crippen LogP contribution in [0.5, 0.6) is 0 Å². The monoisotopic (exact) mass is 627 g/mol. The van der Waals surface area contributed by atoms with Crippen molar-refractivity contribution in [3.8, 4) is 0 Å². The topological polar surface area (TPSA) is 86.8 Å². The van der Waals surface area contributed by atoms with E-state index < -0.39 is 40.2 Å². The smallest absolute Gasteiger partial charge is 0.244 e. The number of amides is 2. The van der Waals surface area contributed by atoms with E-state index in [-0.39, 0.29) is 28.7 Å². The third-order valence-corrected chi connectivity index (χ3v) is 8.06. The van der Waals surface area contributed by atoms with Gasteiger partial charge in [-0.05, 0) is 47.9 Å². The second kappa shape index (κ2) is 14.2. The lowest BCUT2D eigenvalue weighted by atomic mass is 10.0. The average molecular weight is 629 g/mol. The number of rotatable bonds is 12. The summed E-state index contributed by atoms with van der Waals surface area (Å²) in [5.41, 5.74) is 1.31. The van der Waals surface area contributed by atoms with Crippen molar-refractivity contribution in [1.82, 2.24) is 10.2 Å². The Morgan fingerprint density at radius 3 is 2.27 bits per heavy atom. The Hall–Kier alpha value is -2.85. The number of benzene rings is 3. The van der Waals surface area contributed by atoms with Crippen LogP contribution in [-0.4, -0.2) is 50.5 Å². The molecule has 0 saturated heterocycles. The fourth-order valence-corrected chi connectivity index (χ4v) is 5.49. The molecule has 0 radical (unpaired) electrons. The summed E-state index contributed by atoms with van der Waals surface area (Å²) in [6.45, 7) is 1.52. The second-order valence-corrected chi connectivity index (χ2v) is 12.3. The minimum Gasteiger partial charge on any atom is -0.354 e. The van der Waals surface area contributed by atoms with Gasteiger partial charge in [0.25, 0.3) is 0 Å². The van der Waals surface area contributed by atoms with E-state index in [0.717, 1.165) is 28.3 Å². The molecule has 0 aliphatic heterocycles. The van der Waals surface area contributed by atoms with Crippen molar-refractivity contribution in [2.45, 2.75) is 32.4 Å². The molecule has 0 spiro atoms. The highest BCUT2D eigenvalue weighted by atomic mass is 35.5. The van der Waals surface area contributed by atoms with E-state index in [1.54, 1.807) is 12.1 Å². The second-order valence-electron chi connectivity index (χ2n) is 9.12. The molecular formula is C28H29Cl3FN3O4S. The molecule has 7 nitrogen and oxygen atoms in total. The minimum absolute atomic E-state index is 0.00164. The van der Waals surface area contributed by atoms with Gasteiger partial charge in [0.2, 0.25) is 21.8 Å². The lowest BCUT2D eigenvalue weighted by Crippen LogP contribution is -2.53. The van der Waals surface area contributed by atoms with Crippen LogP contribution in [0.15, 0.2) is 66.7 Å². The van der Waals surface area contributed by atoms with Crippen molar-refractivity contribution >= 4 is 62.3 Å². The first kappa shape index (κ1) is 31.7. The summed E-state index contributed by atoms with van der Waals surface area (Å²) in [5.74, 6) is -1.82. The number of anilines is 1. The predicted molar refractivity (Wildman–Crippen MR) is 158 cm³/mol. The van der Waals surface area contributed by atoms with Crippen molar-refractivity contribution in [3.05, 3.63) is 98.7 Å². The van der Waals surface area contributed by atoms with Crippen LogP contribution in [-0.2, 0) is 32.6 Å². The summed E-state index contributed by atoms with van der Waals surface area (Å²) >= 11 is 18.4. The maximum Gasteiger partial charge on any atom is 0.244 e. The van der Waals surface area contributed by atoms with Crippen LogP contribution < -0.4 is 9.62 Å². The van der Waals surface area contributed by atoms with E-state index in [9.17, 15) is 22.4 Å². The Morgan fingerprint density at radius 2 is 1.68 bits per heavy atom. The summed E-state index contributed by atoms with van der Waals surface area (Å²) in [5, 5.41) is 3.22. The number of sulfonamides is 1. The summed E-state index contributed by atoms with van der Waals surface area (Å²) in [6, 6.07) is 16.3. The summed E-state index contributed by atoms with van der Waals surface area (Å²) in [4.78, 5) is 28.8. The van der Waals surface area contributed by atoms with Crippen molar-refractivity contribution in [2.75, 3.05) is 23.7 Å². The standard InChI is InChI=1S/C28H29Cl3FN3O4S/c1-3-13-33-28(37)26(14-19-7-5-4-6-8-19)34(17-20-9-10-21(29)15-23(20)30)27(36)18-35(40(2,38)39)22-11-12-25(32)24(31)16-22/h4-12,15-16,26H,3,13-14,17-18H2,1-2H3,(H,33,37)/t26-/m1/s1. The van der Waals surface area contributed by atoms with E-state index in [1.165, 1.54) is 17.0 Å². The van der Waals surface area contributed by atoms with Crippen LogP contribution in [0.1, 0.15) is 24.5 Å². The molecule has 214 valence electrons. The van der Waals surface area contributed by atoms with Gasteiger partial charge in [0.05, 0.1) is 17.0 Å². The van der Waals surface area contributed by atoms with Crippen molar-refractivity contribution < 1.29 is 22.4 Å². The first-order chi connectivity index (χ1) is 18.9. The molecule has 2 amide bonds. The van der Waals surface area contributed by atoms with Gasteiger partial charge in [-0.15, -0.1) is 0 Å². The Balaban J connectivity index is 2.08. The van der Waals surface area contributed by atoms with Gasteiger partial charge < -0.3 is 10.2 Å². The lowest BCUT2D eigenvalue weighted by molar-refractivity contribution is -0.140. The predicted octanol–water partition coefficient (Wildman–Crippen LogP) is 5.72. The fraction of sp³-hybridized carbons (Fsp3) is 0.286. The summed E-state index contributed by atoms with van der Waals surface area (Å²) in [7, 11) is -4.02. The molecule has 12 heteroatoms. The van der Waals surface area contributed by atoms with Gasteiger partial charge in [-0.25, -0.2) is 12.8 Å². The lowest BCUT2D eigenvalue weighted by Gasteiger charge is -2.33. The number of hydrogen-bond acceptors (Lipinski definition) is 4. The summed E-state index contributed by atoms with van der Waals surface area (Å²) in [6.07, 6.45) is 1.76. The molecule has 0 unspecified atom stereocenters. The molecule has 0 bridgehead atoms. The van der Waals surface area contributed by atoms with E-state index in [1.807, 2.05) is 37.3 Å². The Morgan fingerprint density at radius 1 is 0.975 bits per heavy atom. The SMILES string of the molecule is CCCNC(=O)[C@@H](Cc1ccccc1)N(Cc1ccc(Cl)cc1Cl)C(=O)CN(c1ccc(F)c(Cl)c1)S(C)(=O)=O. The third kappa shape index (κ3) is 8.57. The first-order valence-corrected chi connectivity index (χ1v) is 15.4. The van der Waals surface area contributed by atoms with E-state index in [4.69, 9.17) is 34.8 Å². The van der Waals surface area contributed by atoms with Gasteiger partial charge in [0.15, 0.2) is 0 Å². The highest BCUT2D eigenvalue weighted by Gasteiger charge is 2.33. The zero-order chi connectivity index (χ0) is 29.4. The first-order valence-electron chi connectivity index (χ1n) is 12.4. The molecule has 1 atom stereocenters. The highest BCUT2D eigenvalue weighted by Crippen LogP contribution is 2.27. The number of carbonyl (C=O) groups excluding carboxylic acids is 2. The Kier molecular flexibility index (Phi) is 11.2. The highest BCUT2D eigenvalue weighted by molar-refractivity contribution is 7.92. The number of carbonyl (C=O) groups is 2. The van der Waals surface area contributed by atoms with Gasteiger partial charge in [-0.3, -0.25) is 13.9 Å². The van der Waals surface area contributed by atoms with E-state index >= 15 is 0 Å². The number of nitrogens with zero attached hydrogens (tertiary/aromatic N) is 2. The van der Waals surface area contributed by atoms with Gasteiger partial charge >= 0.3 is 0 Å². The molecule has 0 heterocycles. The largest absolute Gasteiger partial charge is 0.354 e. The molecular weight excluding hydrogens is 600 g/mol. The van der Waals surface area contributed by atoms with Crippen LogP contribution in [0, 0.1) is 5.82 Å². The zero-order valence-electron chi connectivity index (χ0n) is 21.9. The van der Waals surface area contributed by atoms with Crippen LogP contribution in [0.3, 0.4) is 0 Å². The number of halogens is 4. The third-order valence-electron chi connectivity index (χ3n) is 6.05. The molecule has 1 N–H and O–H groups in total. The van der Waals surface area contributed by atoms with E-state index in [0.29, 0.717) is 23.6 Å². The molecule has 3 rings (SSSR count). The van der Waals surface area contributed by atoms with E-state index in [2.05, 4.69) is 5.32 Å². The van der Waals surface area contributed by atoms with Crippen molar-refractivity contribution in [2.24, 2.45) is 0 Å². The van der Waals surface area contributed by atoms with Crippen LogP contribution in [0.25, 0.3) is 0 Å². The van der Waals surface area contributed by atoms with Gasteiger partial charge in [0, 0.05) is 29.6 Å². The van der Waals surface area contributed by atoms with Crippen LogP contribution in [0.4, 0.5) is 10.1 Å². The molecule has 0 fully saturated rings. The maximum atomic E-state index is 14.0. The average Bonchev–Trinajstić information content (AvgIpc) is 2.90. The number of nitrogens with one attached hydrogen (secondary N) is 1. The maximum absolute atomic E-state index is 14.0. The molecule has 0 aromatic heterocycles. The molecule has 3 aromatic rings. The van der Waals surface area contributed by atoms with Gasteiger partial charge in [0.1, 0.15) is 18.4 Å². The zero-order valence-corrected chi connectivity index (χ0v) is 25.0. The van der Waals surface area contributed by atoms with Gasteiger partial charge in [-0.1, -0.05) is 78.1 Å². The Labute approximate surface area is 248 Å². The summed E-state index contributed by atoms with van der Waals surface area (Å²) < 4.78 is 40.2. The molecule has 0 aliphatic rings. The van der Waals surface area contributed by atoms with Crippen LogP contribution in [0.2, 0.25) is 15.1 Å². The number of hydrogen-bond donors (Lipinski definition) is 1. The quantitative estimate of drug-likeness (QED) is 0.278. The minimum atomic E-state index is -4.02. The molecule has 0 saturated carbocycles. The normalized spacial score (nSPS) is 12.1. The fourth-order valence-electron chi connectivity index (χ4n) is 4.01. The molecule has 40 heavy (non-hydrogen) atoms. The van der Waals surface area contributed by atoms with Crippen molar-refractivity contribution in [1.29, 1.82) is 0 Å². The molecule has 3 aromatic carbocycles.